The maximum absolute atomic E-state index is 11.6. The summed E-state index contributed by atoms with van der Waals surface area (Å²) in [6.07, 6.45) is 27.0. The first kappa shape index (κ1) is 34.9. The zero-order valence-electron chi connectivity index (χ0n) is 21.0. The number of hydrogen-bond donors (Lipinski definition) is 1. The van der Waals surface area contributed by atoms with E-state index >= 15 is 0 Å². The van der Waals surface area contributed by atoms with Crippen molar-refractivity contribution < 1.29 is 69.5 Å². The summed E-state index contributed by atoms with van der Waals surface area (Å²) in [4.78, 5) is 3.82. The Morgan fingerprint density at radius 3 is 1.66 bits per heavy atom. The van der Waals surface area contributed by atoms with Crippen LogP contribution in [0.4, 0.5) is 0 Å². The van der Waals surface area contributed by atoms with Crippen LogP contribution in [0.3, 0.4) is 0 Å². The van der Waals surface area contributed by atoms with Gasteiger partial charge in [0, 0.05) is 6.54 Å². The molecule has 0 saturated heterocycles. The first-order valence-electron chi connectivity index (χ1n) is 12.8. The summed E-state index contributed by atoms with van der Waals surface area (Å²) < 4.78 is 29.7. The van der Waals surface area contributed by atoms with Crippen molar-refractivity contribution in [3.8, 4) is 0 Å². The van der Waals surface area contributed by atoms with Crippen molar-refractivity contribution in [2.75, 3.05) is 12.3 Å². The summed E-state index contributed by atoms with van der Waals surface area (Å²) >= 11 is 0. The van der Waals surface area contributed by atoms with Gasteiger partial charge in [0.05, 0.1) is 5.75 Å². The van der Waals surface area contributed by atoms with Crippen molar-refractivity contribution >= 4 is 16.0 Å². The van der Waals surface area contributed by atoms with Gasteiger partial charge in [-0.2, -0.15) is 8.42 Å². The smallest absolute Gasteiger partial charge is 0.862 e. The van der Waals surface area contributed by atoms with Crippen LogP contribution in [0.25, 0.3) is 0 Å². The monoisotopic (exact) mass is 497 g/mol. The largest absolute Gasteiger partial charge is 1.00 e. The number of allylic oxidation sites excluding steroid dienone is 2. The Hall–Kier alpha value is 0.756. The van der Waals surface area contributed by atoms with Crippen LogP contribution in [0.1, 0.15) is 129 Å². The summed E-state index contributed by atoms with van der Waals surface area (Å²) in [7, 11) is -3.94. The summed E-state index contributed by atoms with van der Waals surface area (Å²) in [5.41, 5.74) is 0. The Balaban J connectivity index is 0. The Labute approximate surface area is 241 Å². The third-order valence-electron chi connectivity index (χ3n) is 5.50. The molecule has 0 unspecified atom stereocenters. The summed E-state index contributed by atoms with van der Waals surface area (Å²) in [5, 5.41) is 11.6. The summed E-state index contributed by atoms with van der Waals surface area (Å²) in [6.45, 7) is 2.44. The molecule has 184 valence electrons. The van der Waals surface area contributed by atoms with Crippen LogP contribution in [0.15, 0.2) is 17.1 Å². The van der Waals surface area contributed by atoms with Crippen molar-refractivity contribution in [1.82, 2.24) is 0 Å². The minimum atomic E-state index is -3.94. The van der Waals surface area contributed by atoms with Crippen molar-refractivity contribution in [2.24, 2.45) is 4.99 Å². The van der Waals surface area contributed by atoms with Crippen LogP contribution in [-0.2, 0) is 10.1 Å². The third kappa shape index (κ3) is 30.8. The van der Waals surface area contributed by atoms with Gasteiger partial charge in [0.2, 0.25) is 0 Å². The SMILES string of the molecule is CCCCCCCCCC/C=C/CCCCCCCCCC([O-])=NCCCS(=O)(=O)O.[K+]. The molecule has 0 saturated carbocycles. The van der Waals surface area contributed by atoms with Gasteiger partial charge in [-0.05, 0) is 50.8 Å². The predicted octanol–water partition coefficient (Wildman–Crippen LogP) is 3.63. The second kappa shape index (κ2) is 26.4. The Kier molecular flexibility index (Phi) is 28.8. The maximum Gasteiger partial charge on any atom is 1.00 e. The van der Waals surface area contributed by atoms with E-state index in [9.17, 15) is 13.5 Å². The molecule has 0 bridgehead atoms. The van der Waals surface area contributed by atoms with E-state index in [0.29, 0.717) is 6.42 Å². The fourth-order valence-corrected chi connectivity index (χ4v) is 4.08. The van der Waals surface area contributed by atoms with E-state index < -0.39 is 10.1 Å². The minimum absolute atomic E-state index is 0. The predicted molar refractivity (Wildman–Crippen MR) is 131 cm³/mol. The number of unbranched alkanes of at least 4 members (excludes halogenated alkanes) is 15. The van der Waals surface area contributed by atoms with E-state index in [4.69, 9.17) is 4.55 Å². The topological polar surface area (TPSA) is 89.8 Å². The van der Waals surface area contributed by atoms with Gasteiger partial charge >= 0.3 is 51.4 Å². The fraction of sp³-hybridized carbons (Fsp3) is 0.880. The maximum atomic E-state index is 11.6. The van der Waals surface area contributed by atoms with Gasteiger partial charge in [-0.3, -0.25) is 4.55 Å². The molecule has 0 spiro atoms. The average molecular weight is 498 g/mol. The first-order chi connectivity index (χ1) is 15.0. The van der Waals surface area contributed by atoms with E-state index in [-0.39, 0.29) is 76.0 Å². The minimum Gasteiger partial charge on any atom is -0.862 e. The van der Waals surface area contributed by atoms with E-state index in [1.807, 2.05) is 0 Å². The van der Waals surface area contributed by atoms with Gasteiger partial charge in [0.25, 0.3) is 10.1 Å². The molecule has 0 heterocycles. The van der Waals surface area contributed by atoms with Gasteiger partial charge in [-0.25, -0.2) is 0 Å². The normalized spacial score (nSPS) is 12.4. The second-order valence-electron chi connectivity index (χ2n) is 8.66. The molecular formula is C25H48KNO4S. The fourth-order valence-electron chi connectivity index (χ4n) is 3.58. The van der Waals surface area contributed by atoms with Crippen molar-refractivity contribution in [3.63, 3.8) is 0 Å². The molecule has 0 aromatic carbocycles. The summed E-state index contributed by atoms with van der Waals surface area (Å²) in [5.74, 6) is -0.493. The Morgan fingerprint density at radius 1 is 0.750 bits per heavy atom. The van der Waals surface area contributed by atoms with Crippen LogP contribution in [0.2, 0.25) is 0 Å². The van der Waals surface area contributed by atoms with Gasteiger partial charge in [0.1, 0.15) is 0 Å². The van der Waals surface area contributed by atoms with Gasteiger partial charge in [-0.1, -0.05) is 96.1 Å². The van der Waals surface area contributed by atoms with E-state index in [1.165, 1.54) is 89.9 Å². The third-order valence-corrected chi connectivity index (χ3v) is 6.31. The molecule has 0 aliphatic heterocycles. The summed E-state index contributed by atoms with van der Waals surface area (Å²) in [6, 6.07) is 0. The molecule has 0 aromatic rings. The molecule has 32 heavy (non-hydrogen) atoms. The molecule has 0 atom stereocenters. The molecule has 0 rings (SSSR count). The van der Waals surface area contributed by atoms with Gasteiger partial charge < -0.3 is 10.1 Å². The average Bonchev–Trinajstić information content (AvgIpc) is 2.72. The van der Waals surface area contributed by atoms with Crippen LogP contribution in [0, 0.1) is 0 Å². The Bertz CT molecular complexity index is 550. The molecule has 0 radical (unpaired) electrons. The molecule has 0 aliphatic rings. The van der Waals surface area contributed by atoms with Crippen LogP contribution < -0.4 is 56.5 Å². The molecule has 7 heteroatoms. The van der Waals surface area contributed by atoms with E-state index in [1.54, 1.807) is 0 Å². The van der Waals surface area contributed by atoms with Crippen molar-refractivity contribution in [1.29, 1.82) is 0 Å². The Morgan fingerprint density at radius 2 is 1.19 bits per heavy atom. The van der Waals surface area contributed by atoms with Crippen LogP contribution in [-0.4, -0.2) is 31.2 Å². The number of rotatable bonds is 23. The van der Waals surface area contributed by atoms with Crippen molar-refractivity contribution in [2.45, 2.75) is 129 Å². The standard InChI is InChI=1S/C25H49NO4S.K/c1-2-3-4-5-6-7-8-9-10-11-12-13-14-15-16-17-18-19-20-22-25(27)26-23-21-24-31(28,29)30;/h11-12H,2-10,13-24H2,1H3,(H,26,27)(H,28,29,30);/q;+1/p-1/b12-11+;. The number of hydrogen-bond acceptors (Lipinski definition) is 4. The molecular weight excluding hydrogens is 449 g/mol. The van der Waals surface area contributed by atoms with E-state index in [2.05, 4.69) is 24.1 Å². The van der Waals surface area contributed by atoms with Crippen molar-refractivity contribution in [3.05, 3.63) is 12.2 Å². The molecule has 0 aliphatic carbocycles. The van der Waals surface area contributed by atoms with Crippen LogP contribution in [0.5, 0.6) is 0 Å². The van der Waals surface area contributed by atoms with Crippen LogP contribution >= 0.6 is 0 Å². The molecule has 0 aromatic heterocycles. The van der Waals surface area contributed by atoms with Gasteiger partial charge in [0.15, 0.2) is 0 Å². The molecule has 0 fully saturated rings. The molecule has 0 amide bonds. The molecule has 5 nitrogen and oxygen atoms in total. The number of nitrogens with zero attached hydrogens (tertiary/aromatic N) is 1. The number of aliphatic imine (C=N–C) groups is 1. The first-order valence-corrected chi connectivity index (χ1v) is 14.4. The van der Waals surface area contributed by atoms with Gasteiger partial charge in [-0.15, -0.1) is 0 Å². The second-order valence-corrected chi connectivity index (χ2v) is 10.2. The van der Waals surface area contributed by atoms with E-state index in [0.717, 1.165) is 19.3 Å². The quantitative estimate of drug-likeness (QED) is 0.0583. The molecule has 1 N–H and O–H groups in total. The zero-order chi connectivity index (χ0) is 23.0. The zero-order valence-corrected chi connectivity index (χ0v) is 25.0.